The summed E-state index contributed by atoms with van der Waals surface area (Å²) >= 11 is 15.0. The second-order valence-corrected chi connectivity index (χ2v) is 13.7. The van der Waals surface area contributed by atoms with Crippen molar-refractivity contribution in [1.82, 2.24) is 10.2 Å². The van der Waals surface area contributed by atoms with E-state index in [0.29, 0.717) is 43.6 Å². The molecule has 1 amide bonds. The van der Waals surface area contributed by atoms with Crippen LogP contribution in [-0.4, -0.2) is 27.0 Å². The molecule has 1 unspecified atom stereocenters. The Hall–Kier alpha value is -4.15. The van der Waals surface area contributed by atoms with E-state index in [0.717, 1.165) is 22.3 Å². The van der Waals surface area contributed by atoms with Gasteiger partial charge in [0.1, 0.15) is 18.1 Å². The number of anilines is 1. The summed E-state index contributed by atoms with van der Waals surface area (Å²) in [6.07, 6.45) is 0. The van der Waals surface area contributed by atoms with Crippen molar-refractivity contribution in [2.24, 2.45) is 0 Å². The maximum Gasteiger partial charge on any atom is 0.301 e. The third-order valence-electron chi connectivity index (χ3n) is 7.50. The number of hydrogen-bond acceptors (Lipinski definition) is 8. The Morgan fingerprint density at radius 3 is 2.46 bits per heavy atom. The number of benzene rings is 4. The molecule has 1 atom stereocenters. The highest BCUT2D eigenvalue weighted by Crippen LogP contribution is 2.45. The van der Waals surface area contributed by atoms with Gasteiger partial charge >= 0.3 is 5.91 Å². The predicted molar refractivity (Wildman–Crippen MR) is 184 cm³/mol. The van der Waals surface area contributed by atoms with Crippen molar-refractivity contribution < 1.29 is 19.4 Å². The first kappa shape index (κ1) is 31.8. The SMILES string of the molecule is Cc1ccc(C)c(C(O)=C2C(=O)C(=O)N(c3nnc(SCc4ccc(Cl)cc4Cl)s3)C2c2ccc(OCc3ccccc3)cc2)c1. The Morgan fingerprint density at radius 2 is 1.72 bits per heavy atom. The average molecular weight is 689 g/mol. The first-order chi connectivity index (χ1) is 22.2. The number of carbonyl (C=O) groups is 2. The van der Waals surface area contributed by atoms with E-state index in [9.17, 15) is 14.7 Å². The van der Waals surface area contributed by atoms with Gasteiger partial charge in [-0.3, -0.25) is 14.5 Å². The number of aliphatic hydroxyl groups is 1. The molecule has 6 rings (SSSR count). The number of carbonyl (C=O) groups excluding carboxylic acids is 2. The number of Topliss-reactive ketones (excluding diaryl/α,β-unsaturated/α-hetero) is 1. The molecule has 1 N–H and O–H groups in total. The van der Waals surface area contributed by atoms with Crippen LogP contribution in [0.2, 0.25) is 10.0 Å². The molecular formula is C35H27Cl2N3O4S2. The van der Waals surface area contributed by atoms with Crippen LogP contribution in [0, 0.1) is 13.8 Å². The predicted octanol–water partition coefficient (Wildman–Crippen LogP) is 8.96. The van der Waals surface area contributed by atoms with Gasteiger partial charge in [-0.1, -0.05) is 113 Å². The number of aliphatic hydroxyl groups excluding tert-OH is 1. The zero-order valence-electron chi connectivity index (χ0n) is 24.7. The molecule has 0 radical (unpaired) electrons. The topological polar surface area (TPSA) is 92.6 Å². The average Bonchev–Trinajstić information content (AvgIpc) is 3.62. The molecule has 4 aromatic carbocycles. The van der Waals surface area contributed by atoms with Crippen LogP contribution in [0.5, 0.6) is 5.75 Å². The normalized spacial score (nSPS) is 15.8. The third-order valence-corrected chi connectivity index (χ3v) is 10.2. The van der Waals surface area contributed by atoms with Crippen LogP contribution in [-0.2, 0) is 21.9 Å². The van der Waals surface area contributed by atoms with Crippen LogP contribution in [0.15, 0.2) is 101 Å². The standard InChI is InChI=1S/C35H27Cl2N3O4S2/c1-20-8-9-21(2)27(16-20)31(41)29-30(23-11-14-26(15-12-23)44-18-22-6-4-3-5-7-22)40(33(43)32(29)42)34-38-39-35(46-34)45-19-24-10-13-25(36)17-28(24)37/h3-17,30,41H,18-19H2,1-2H3. The second-order valence-electron chi connectivity index (χ2n) is 10.7. The molecule has 1 fully saturated rings. The van der Waals surface area contributed by atoms with Gasteiger partial charge in [-0.25, -0.2) is 0 Å². The molecule has 0 aliphatic carbocycles. The molecule has 11 heteroatoms. The molecular weight excluding hydrogens is 661 g/mol. The van der Waals surface area contributed by atoms with E-state index in [4.69, 9.17) is 27.9 Å². The van der Waals surface area contributed by atoms with Gasteiger partial charge in [0.15, 0.2) is 4.34 Å². The summed E-state index contributed by atoms with van der Waals surface area (Å²) < 4.78 is 6.55. The minimum atomic E-state index is -0.945. The molecule has 1 aliphatic rings. The maximum atomic E-state index is 13.7. The van der Waals surface area contributed by atoms with Crippen LogP contribution in [0.3, 0.4) is 0 Å². The van der Waals surface area contributed by atoms with Gasteiger partial charge in [0.25, 0.3) is 5.78 Å². The Balaban J connectivity index is 1.35. The van der Waals surface area contributed by atoms with Crippen LogP contribution in [0.25, 0.3) is 5.76 Å². The summed E-state index contributed by atoms with van der Waals surface area (Å²) in [5.74, 6) is -0.716. The van der Waals surface area contributed by atoms with Gasteiger partial charge in [-0.2, -0.15) is 0 Å². The van der Waals surface area contributed by atoms with E-state index < -0.39 is 17.7 Å². The summed E-state index contributed by atoms with van der Waals surface area (Å²) in [6.45, 7) is 4.13. The molecule has 1 aliphatic heterocycles. The lowest BCUT2D eigenvalue weighted by atomic mass is 9.93. The quantitative estimate of drug-likeness (QED) is 0.0544. The zero-order chi connectivity index (χ0) is 32.4. The van der Waals surface area contributed by atoms with E-state index in [1.165, 1.54) is 28.0 Å². The lowest BCUT2D eigenvalue weighted by Crippen LogP contribution is -2.29. The number of aromatic nitrogens is 2. The number of aryl methyl sites for hydroxylation is 2. The fourth-order valence-electron chi connectivity index (χ4n) is 5.10. The van der Waals surface area contributed by atoms with Gasteiger partial charge in [0.2, 0.25) is 5.13 Å². The molecule has 0 saturated carbocycles. The monoisotopic (exact) mass is 687 g/mol. The summed E-state index contributed by atoms with van der Waals surface area (Å²) in [5.41, 5.74) is 4.65. The zero-order valence-corrected chi connectivity index (χ0v) is 27.9. The molecule has 232 valence electrons. The molecule has 1 aromatic heterocycles. The molecule has 2 heterocycles. The van der Waals surface area contributed by atoms with Crippen molar-refractivity contribution in [1.29, 1.82) is 0 Å². The number of ether oxygens (including phenoxy) is 1. The number of thioether (sulfide) groups is 1. The molecule has 7 nitrogen and oxygen atoms in total. The lowest BCUT2D eigenvalue weighted by Gasteiger charge is -2.23. The second kappa shape index (κ2) is 13.7. The van der Waals surface area contributed by atoms with Gasteiger partial charge in [0, 0.05) is 21.4 Å². The Bertz CT molecular complexity index is 1960. The number of hydrogen-bond donors (Lipinski definition) is 1. The number of amides is 1. The minimum Gasteiger partial charge on any atom is -0.507 e. The summed E-state index contributed by atoms with van der Waals surface area (Å²) in [4.78, 5) is 28.7. The largest absolute Gasteiger partial charge is 0.507 e. The van der Waals surface area contributed by atoms with Crippen molar-refractivity contribution in [3.05, 3.63) is 140 Å². The Morgan fingerprint density at radius 1 is 0.957 bits per heavy atom. The summed E-state index contributed by atoms with van der Waals surface area (Å²) in [6, 6.07) is 26.9. The summed E-state index contributed by atoms with van der Waals surface area (Å²) in [7, 11) is 0. The highest BCUT2D eigenvalue weighted by atomic mass is 35.5. The number of rotatable bonds is 9. The minimum absolute atomic E-state index is 0.0194. The highest BCUT2D eigenvalue weighted by Gasteiger charge is 2.48. The lowest BCUT2D eigenvalue weighted by molar-refractivity contribution is -0.132. The number of ketones is 1. The van der Waals surface area contributed by atoms with Crippen LogP contribution in [0.1, 0.15) is 39.4 Å². The molecule has 5 aromatic rings. The van der Waals surface area contributed by atoms with Gasteiger partial charge in [0.05, 0.1) is 11.6 Å². The number of nitrogens with zero attached hydrogens (tertiary/aromatic N) is 3. The van der Waals surface area contributed by atoms with Crippen LogP contribution in [0.4, 0.5) is 5.13 Å². The van der Waals surface area contributed by atoms with Crippen LogP contribution >= 0.6 is 46.3 Å². The fraction of sp³-hybridized carbons (Fsp3) is 0.143. The van der Waals surface area contributed by atoms with E-state index in [-0.39, 0.29) is 16.5 Å². The van der Waals surface area contributed by atoms with E-state index in [1.54, 1.807) is 42.5 Å². The first-order valence-corrected chi connectivity index (χ1v) is 16.8. The fourth-order valence-corrected chi connectivity index (χ4v) is 7.53. The summed E-state index contributed by atoms with van der Waals surface area (Å²) in [5, 5.41) is 21.5. The van der Waals surface area contributed by atoms with Crippen molar-refractivity contribution in [2.45, 2.75) is 36.6 Å². The third kappa shape index (κ3) is 6.69. The first-order valence-electron chi connectivity index (χ1n) is 14.2. The smallest absolute Gasteiger partial charge is 0.301 e. The van der Waals surface area contributed by atoms with Gasteiger partial charge in [-0.05, 0) is 66.4 Å². The van der Waals surface area contributed by atoms with E-state index in [1.807, 2.05) is 62.4 Å². The van der Waals surface area contributed by atoms with Gasteiger partial charge < -0.3 is 9.84 Å². The van der Waals surface area contributed by atoms with E-state index in [2.05, 4.69) is 10.2 Å². The van der Waals surface area contributed by atoms with Crippen molar-refractivity contribution in [3.8, 4) is 5.75 Å². The maximum absolute atomic E-state index is 13.7. The number of halogens is 2. The molecule has 0 bridgehead atoms. The molecule has 46 heavy (non-hydrogen) atoms. The highest BCUT2D eigenvalue weighted by molar-refractivity contribution is 8.00. The van der Waals surface area contributed by atoms with E-state index >= 15 is 0 Å². The van der Waals surface area contributed by atoms with Crippen molar-refractivity contribution in [3.63, 3.8) is 0 Å². The Kier molecular flexibility index (Phi) is 9.47. The Labute approximate surface area is 284 Å². The van der Waals surface area contributed by atoms with Crippen molar-refractivity contribution >= 4 is 68.9 Å². The van der Waals surface area contributed by atoms with Gasteiger partial charge in [-0.15, -0.1) is 10.2 Å². The van der Waals surface area contributed by atoms with Crippen molar-refractivity contribution in [2.75, 3.05) is 4.90 Å². The molecule has 0 spiro atoms. The van der Waals surface area contributed by atoms with Crippen LogP contribution < -0.4 is 9.64 Å². The molecule has 1 saturated heterocycles.